The van der Waals surface area contributed by atoms with Gasteiger partial charge in [-0.15, -0.1) is 0 Å². The minimum atomic E-state index is -0.228. The van der Waals surface area contributed by atoms with E-state index in [1.54, 1.807) is 0 Å². The van der Waals surface area contributed by atoms with Crippen molar-refractivity contribution in [3.8, 4) is 0 Å². The lowest BCUT2D eigenvalue weighted by atomic mass is 9.91. The predicted octanol–water partition coefficient (Wildman–Crippen LogP) is 2.33. The highest BCUT2D eigenvalue weighted by Crippen LogP contribution is 2.31. The van der Waals surface area contributed by atoms with E-state index in [-0.39, 0.29) is 18.1 Å². The van der Waals surface area contributed by atoms with Crippen LogP contribution in [0.3, 0.4) is 0 Å². The molecule has 116 valence electrons. The molecule has 2 unspecified atom stereocenters. The molecule has 1 aliphatic heterocycles. The topological polar surface area (TPSA) is 43.3 Å². The van der Waals surface area contributed by atoms with E-state index in [4.69, 9.17) is 4.74 Å². The zero-order valence-corrected chi connectivity index (χ0v) is 13.0. The number of benzene rings is 1. The van der Waals surface area contributed by atoms with E-state index in [0.29, 0.717) is 0 Å². The average Bonchev–Trinajstić information content (AvgIpc) is 3.16. The van der Waals surface area contributed by atoms with Crippen LogP contribution in [0.2, 0.25) is 0 Å². The van der Waals surface area contributed by atoms with Crippen molar-refractivity contribution >= 4 is 16.8 Å². The van der Waals surface area contributed by atoms with Crippen LogP contribution in [0.4, 0.5) is 0 Å². The van der Waals surface area contributed by atoms with Crippen LogP contribution in [-0.4, -0.2) is 29.2 Å². The fourth-order valence-electron chi connectivity index (χ4n) is 3.93. The molecular weight excluding hydrogens is 276 g/mol. The first-order valence-electron chi connectivity index (χ1n) is 8.21. The van der Waals surface area contributed by atoms with Gasteiger partial charge in [-0.2, -0.15) is 0 Å². The number of amides is 1. The molecule has 1 fully saturated rings. The van der Waals surface area contributed by atoms with Crippen molar-refractivity contribution in [2.24, 2.45) is 7.05 Å². The third-order valence-electron chi connectivity index (χ3n) is 5.09. The molecule has 1 aromatic carbocycles. The Morgan fingerprint density at radius 1 is 1.32 bits per heavy atom. The van der Waals surface area contributed by atoms with Crippen molar-refractivity contribution in [3.63, 3.8) is 0 Å². The second kappa shape index (κ2) is 5.43. The first kappa shape index (κ1) is 13.8. The molecule has 0 spiro atoms. The number of ether oxygens (including phenoxy) is 1. The summed E-state index contributed by atoms with van der Waals surface area (Å²) in [7, 11) is 2.15. The van der Waals surface area contributed by atoms with Gasteiger partial charge in [-0.25, -0.2) is 0 Å². The molecule has 4 rings (SSSR count). The van der Waals surface area contributed by atoms with Crippen molar-refractivity contribution in [2.75, 3.05) is 6.61 Å². The van der Waals surface area contributed by atoms with E-state index in [2.05, 4.69) is 41.2 Å². The van der Waals surface area contributed by atoms with E-state index in [1.165, 1.54) is 22.2 Å². The monoisotopic (exact) mass is 298 g/mol. The van der Waals surface area contributed by atoms with Crippen LogP contribution >= 0.6 is 0 Å². The number of nitrogens with zero attached hydrogens (tertiary/aromatic N) is 1. The number of hydrogen-bond acceptors (Lipinski definition) is 2. The second-order valence-corrected chi connectivity index (χ2v) is 6.45. The van der Waals surface area contributed by atoms with Gasteiger partial charge in [0.05, 0.1) is 0 Å². The highest BCUT2D eigenvalue weighted by atomic mass is 16.5. The molecule has 2 heterocycles. The van der Waals surface area contributed by atoms with Gasteiger partial charge in [0, 0.05) is 36.3 Å². The number of aromatic nitrogens is 1. The second-order valence-electron chi connectivity index (χ2n) is 6.45. The summed E-state index contributed by atoms with van der Waals surface area (Å²) in [5, 5.41) is 4.53. The van der Waals surface area contributed by atoms with Gasteiger partial charge in [-0.3, -0.25) is 4.79 Å². The minimum absolute atomic E-state index is 0.0752. The van der Waals surface area contributed by atoms with E-state index < -0.39 is 0 Å². The summed E-state index contributed by atoms with van der Waals surface area (Å²) in [4.78, 5) is 12.3. The maximum atomic E-state index is 12.3. The maximum Gasteiger partial charge on any atom is 0.249 e. The lowest BCUT2D eigenvalue weighted by molar-refractivity contribution is -0.130. The third kappa shape index (κ3) is 2.22. The number of carbonyl (C=O) groups excluding carboxylic acids is 1. The number of aryl methyl sites for hydroxylation is 1. The number of carbonyl (C=O) groups is 1. The van der Waals surface area contributed by atoms with Gasteiger partial charge in [0.25, 0.3) is 0 Å². The van der Waals surface area contributed by atoms with Crippen molar-refractivity contribution in [2.45, 2.75) is 44.2 Å². The van der Waals surface area contributed by atoms with Gasteiger partial charge in [0.2, 0.25) is 5.91 Å². The Bertz CT molecular complexity index is 713. The molecule has 2 aliphatic rings. The van der Waals surface area contributed by atoms with Crippen LogP contribution < -0.4 is 5.32 Å². The fraction of sp³-hybridized carbons (Fsp3) is 0.500. The van der Waals surface area contributed by atoms with E-state index in [1.807, 2.05) is 0 Å². The zero-order valence-electron chi connectivity index (χ0n) is 13.0. The average molecular weight is 298 g/mol. The number of hydrogen-bond donors (Lipinski definition) is 1. The van der Waals surface area contributed by atoms with Crippen molar-refractivity contribution < 1.29 is 9.53 Å². The summed E-state index contributed by atoms with van der Waals surface area (Å²) >= 11 is 0. The molecule has 0 bridgehead atoms. The molecule has 1 N–H and O–H groups in total. The number of rotatable bonds is 2. The number of nitrogens with one attached hydrogen (secondary N) is 1. The van der Waals surface area contributed by atoms with E-state index >= 15 is 0 Å². The van der Waals surface area contributed by atoms with Crippen LogP contribution in [0.15, 0.2) is 24.3 Å². The lowest BCUT2D eigenvalue weighted by Gasteiger charge is -2.25. The first-order chi connectivity index (χ1) is 10.7. The zero-order chi connectivity index (χ0) is 15.1. The number of fused-ring (bicyclic) bond motifs is 3. The van der Waals surface area contributed by atoms with Gasteiger partial charge >= 0.3 is 0 Å². The van der Waals surface area contributed by atoms with Gasteiger partial charge in [-0.1, -0.05) is 18.2 Å². The molecule has 4 nitrogen and oxygen atoms in total. The molecule has 4 heteroatoms. The summed E-state index contributed by atoms with van der Waals surface area (Å²) in [6.45, 7) is 0.718. The Morgan fingerprint density at radius 2 is 2.18 bits per heavy atom. The molecule has 1 aromatic heterocycles. The molecule has 0 saturated carbocycles. The van der Waals surface area contributed by atoms with Crippen molar-refractivity contribution in [3.05, 3.63) is 35.5 Å². The highest BCUT2D eigenvalue weighted by molar-refractivity contribution is 5.86. The SMILES string of the molecule is Cn1c2c(c3ccccc31)CC(NC(=O)C1CCCO1)CC2. The largest absolute Gasteiger partial charge is 0.368 e. The number of para-hydroxylation sites is 1. The molecule has 2 aromatic rings. The minimum Gasteiger partial charge on any atom is -0.368 e. The summed E-state index contributed by atoms with van der Waals surface area (Å²) in [6.07, 6.45) is 4.59. The maximum absolute atomic E-state index is 12.3. The molecule has 1 saturated heterocycles. The Kier molecular flexibility index (Phi) is 3.41. The molecular formula is C18H22N2O2. The van der Waals surface area contributed by atoms with Crippen LogP contribution in [0, 0.1) is 0 Å². The normalized spacial score (nSPS) is 24.4. The summed E-state index contributed by atoms with van der Waals surface area (Å²) in [5.41, 5.74) is 4.12. The molecule has 0 radical (unpaired) electrons. The predicted molar refractivity (Wildman–Crippen MR) is 85.8 cm³/mol. The van der Waals surface area contributed by atoms with Crippen LogP contribution in [0.1, 0.15) is 30.5 Å². The highest BCUT2D eigenvalue weighted by Gasteiger charge is 2.29. The Balaban J connectivity index is 1.56. The molecule has 22 heavy (non-hydrogen) atoms. The van der Waals surface area contributed by atoms with Gasteiger partial charge in [0.15, 0.2) is 0 Å². The Labute approximate surface area is 130 Å². The van der Waals surface area contributed by atoms with Crippen molar-refractivity contribution in [1.29, 1.82) is 0 Å². The first-order valence-corrected chi connectivity index (χ1v) is 8.21. The smallest absolute Gasteiger partial charge is 0.249 e. The fourth-order valence-corrected chi connectivity index (χ4v) is 3.93. The van der Waals surface area contributed by atoms with E-state index in [9.17, 15) is 4.79 Å². The van der Waals surface area contributed by atoms with Crippen LogP contribution in [0.25, 0.3) is 10.9 Å². The van der Waals surface area contributed by atoms with Crippen LogP contribution in [-0.2, 0) is 29.4 Å². The quantitative estimate of drug-likeness (QED) is 0.925. The van der Waals surface area contributed by atoms with Gasteiger partial charge in [0.1, 0.15) is 6.10 Å². The molecule has 1 amide bonds. The molecule has 1 aliphatic carbocycles. The Morgan fingerprint density at radius 3 is 3.00 bits per heavy atom. The lowest BCUT2D eigenvalue weighted by Crippen LogP contribution is -2.43. The van der Waals surface area contributed by atoms with Crippen LogP contribution in [0.5, 0.6) is 0 Å². The summed E-state index contributed by atoms with van der Waals surface area (Å²) < 4.78 is 7.79. The summed E-state index contributed by atoms with van der Waals surface area (Å²) in [5.74, 6) is 0.0752. The van der Waals surface area contributed by atoms with Crippen molar-refractivity contribution in [1.82, 2.24) is 9.88 Å². The van der Waals surface area contributed by atoms with Gasteiger partial charge in [-0.05, 0) is 43.7 Å². The van der Waals surface area contributed by atoms with Gasteiger partial charge < -0.3 is 14.6 Å². The third-order valence-corrected chi connectivity index (χ3v) is 5.09. The summed E-state index contributed by atoms with van der Waals surface area (Å²) in [6, 6.07) is 8.78. The Hall–Kier alpha value is -1.81. The van der Waals surface area contributed by atoms with E-state index in [0.717, 1.165) is 38.7 Å². The standard InChI is InChI=1S/C18H22N2O2/c1-20-15-6-3-2-5-13(15)14-11-12(8-9-16(14)20)19-18(21)17-7-4-10-22-17/h2-3,5-6,12,17H,4,7-11H2,1H3,(H,19,21). The molecule has 2 atom stereocenters.